The van der Waals surface area contributed by atoms with E-state index in [0.29, 0.717) is 18.3 Å². The summed E-state index contributed by atoms with van der Waals surface area (Å²) in [6.07, 6.45) is 8.29. The molecule has 3 aromatic rings. The third kappa shape index (κ3) is 3.56. The van der Waals surface area contributed by atoms with Crippen molar-refractivity contribution in [2.45, 2.75) is 13.0 Å². The highest BCUT2D eigenvalue weighted by atomic mass is 16.5. The van der Waals surface area contributed by atoms with Gasteiger partial charge < -0.3 is 4.52 Å². The van der Waals surface area contributed by atoms with Crippen LogP contribution in [0.25, 0.3) is 11.4 Å². The maximum absolute atomic E-state index is 5.31. The van der Waals surface area contributed by atoms with Crippen molar-refractivity contribution in [2.75, 3.05) is 13.6 Å². The molecule has 0 spiro atoms. The van der Waals surface area contributed by atoms with Crippen LogP contribution < -0.4 is 0 Å². The van der Waals surface area contributed by atoms with Crippen molar-refractivity contribution in [1.29, 1.82) is 0 Å². The molecule has 0 saturated carbocycles. The lowest BCUT2D eigenvalue weighted by atomic mass is 10.2. The number of nitrogens with zero attached hydrogens (tertiary/aromatic N) is 6. The van der Waals surface area contributed by atoms with Crippen LogP contribution in [0.2, 0.25) is 0 Å². The first kappa shape index (κ1) is 14.4. The van der Waals surface area contributed by atoms with Crippen molar-refractivity contribution >= 4 is 0 Å². The predicted molar refractivity (Wildman–Crippen MR) is 80.8 cm³/mol. The fourth-order valence-corrected chi connectivity index (χ4v) is 2.17. The molecule has 0 aliphatic rings. The Hall–Kier alpha value is -2.54. The second-order valence-electron chi connectivity index (χ2n) is 5.26. The van der Waals surface area contributed by atoms with Gasteiger partial charge in [-0.25, -0.2) is 0 Å². The molecule has 22 heavy (non-hydrogen) atoms. The van der Waals surface area contributed by atoms with Crippen molar-refractivity contribution in [3.05, 3.63) is 48.4 Å². The second-order valence-corrected chi connectivity index (χ2v) is 5.26. The van der Waals surface area contributed by atoms with Gasteiger partial charge in [-0.05, 0) is 31.2 Å². The monoisotopic (exact) mass is 298 g/mol. The summed E-state index contributed by atoms with van der Waals surface area (Å²) in [4.78, 5) is 10.5. The van der Waals surface area contributed by atoms with Crippen LogP contribution in [0.3, 0.4) is 0 Å². The molecule has 0 bridgehead atoms. The zero-order chi connectivity index (χ0) is 15.4. The van der Waals surface area contributed by atoms with Gasteiger partial charge in [0, 0.05) is 37.7 Å². The fourth-order valence-electron chi connectivity index (χ4n) is 2.17. The predicted octanol–water partition coefficient (Wildman–Crippen LogP) is 1.54. The standard InChI is InChI=1S/C15H18N6O/c1-20(8-5-12-9-17-21(2)10-12)11-14-18-15(19-22-14)13-3-6-16-7-4-13/h3-4,6-7,9-10H,5,8,11H2,1-2H3. The highest BCUT2D eigenvalue weighted by Crippen LogP contribution is 2.14. The number of pyridine rings is 1. The van der Waals surface area contributed by atoms with Gasteiger partial charge >= 0.3 is 0 Å². The normalized spacial score (nSPS) is 11.2. The molecule has 0 aromatic carbocycles. The van der Waals surface area contributed by atoms with Gasteiger partial charge in [-0.1, -0.05) is 5.16 Å². The van der Waals surface area contributed by atoms with E-state index >= 15 is 0 Å². The van der Waals surface area contributed by atoms with Crippen LogP contribution in [-0.2, 0) is 20.0 Å². The molecule has 0 saturated heterocycles. The number of hydrogen-bond donors (Lipinski definition) is 0. The zero-order valence-electron chi connectivity index (χ0n) is 12.7. The molecule has 3 aromatic heterocycles. The quantitative estimate of drug-likeness (QED) is 0.687. The average molecular weight is 298 g/mol. The summed E-state index contributed by atoms with van der Waals surface area (Å²) in [5.74, 6) is 1.21. The van der Waals surface area contributed by atoms with Gasteiger partial charge in [0.15, 0.2) is 0 Å². The Morgan fingerprint density at radius 3 is 2.82 bits per heavy atom. The molecule has 0 radical (unpaired) electrons. The molecule has 0 fully saturated rings. The molecule has 7 nitrogen and oxygen atoms in total. The highest BCUT2D eigenvalue weighted by molar-refractivity contribution is 5.52. The Labute approximate surface area is 128 Å². The molecular weight excluding hydrogens is 280 g/mol. The molecule has 0 N–H and O–H groups in total. The van der Waals surface area contributed by atoms with Gasteiger partial charge in [-0.15, -0.1) is 0 Å². The molecule has 0 atom stereocenters. The van der Waals surface area contributed by atoms with E-state index in [1.165, 1.54) is 5.56 Å². The van der Waals surface area contributed by atoms with Crippen molar-refractivity contribution in [3.63, 3.8) is 0 Å². The number of aromatic nitrogens is 5. The van der Waals surface area contributed by atoms with Crippen LogP contribution in [0.15, 0.2) is 41.4 Å². The minimum absolute atomic E-state index is 0.595. The van der Waals surface area contributed by atoms with Crippen LogP contribution >= 0.6 is 0 Å². The second kappa shape index (κ2) is 6.48. The number of likely N-dealkylation sites (N-methyl/N-ethyl adjacent to an activating group) is 1. The van der Waals surface area contributed by atoms with E-state index < -0.39 is 0 Å². The van der Waals surface area contributed by atoms with Gasteiger partial charge in [0.05, 0.1) is 12.7 Å². The average Bonchev–Trinajstić information content (AvgIpc) is 3.15. The third-order valence-electron chi connectivity index (χ3n) is 3.35. The van der Waals surface area contributed by atoms with E-state index in [0.717, 1.165) is 18.5 Å². The molecule has 0 unspecified atom stereocenters. The molecule has 3 rings (SSSR count). The summed E-state index contributed by atoms with van der Waals surface area (Å²) in [5.41, 5.74) is 2.13. The lowest BCUT2D eigenvalue weighted by Gasteiger charge is -2.12. The number of rotatable bonds is 6. The number of hydrogen-bond acceptors (Lipinski definition) is 6. The third-order valence-corrected chi connectivity index (χ3v) is 3.35. The van der Waals surface area contributed by atoms with Gasteiger partial charge in [-0.3, -0.25) is 14.6 Å². The van der Waals surface area contributed by atoms with Crippen LogP contribution in [0.5, 0.6) is 0 Å². The zero-order valence-corrected chi connectivity index (χ0v) is 12.7. The van der Waals surface area contributed by atoms with E-state index in [-0.39, 0.29) is 0 Å². The molecular formula is C15H18N6O. The maximum Gasteiger partial charge on any atom is 0.241 e. The SMILES string of the molecule is CN(CCc1cnn(C)c1)Cc1nc(-c2ccncc2)no1. The van der Waals surface area contributed by atoms with Crippen molar-refractivity contribution in [2.24, 2.45) is 7.05 Å². The van der Waals surface area contributed by atoms with Gasteiger partial charge in [0.2, 0.25) is 11.7 Å². The Morgan fingerprint density at radius 1 is 1.27 bits per heavy atom. The van der Waals surface area contributed by atoms with Crippen molar-refractivity contribution in [3.8, 4) is 11.4 Å². The molecule has 0 amide bonds. The molecule has 3 heterocycles. The highest BCUT2D eigenvalue weighted by Gasteiger charge is 2.10. The minimum atomic E-state index is 0.595. The molecule has 0 aliphatic heterocycles. The molecule has 0 aliphatic carbocycles. The molecule has 114 valence electrons. The van der Waals surface area contributed by atoms with Gasteiger partial charge in [0.1, 0.15) is 0 Å². The van der Waals surface area contributed by atoms with Gasteiger partial charge in [0.25, 0.3) is 0 Å². The van der Waals surface area contributed by atoms with E-state index in [2.05, 4.69) is 25.1 Å². The van der Waals surface area contributed by atoms with Crippen molar-refractivity contribution in [1.82, 2.24) is 29.8 Å². The summed E-state index contributed by atoms with van der Waals surface area (Å²) >= 11 is 0. The lowest BCUT2D eigenvalue weighted by Crippen LogP contribution is -2.20. The Bertz CT molecular complexity index is 720. The van der Waals surface area contributed by atoms with Gasteiger partial charge in [-0.2, -0.15) is 10.1 Å². The summed E-state index contributed by atoms with van der Waals surface area (Å²) in [6, 6.07) is 3.72. The van der Waals surface area contributed by atoms with Crippen LogP contribution in [0.4, 0.5) is 0 Å². The number of aryl methyl sites for hydroxylation is 1. The first-order valence-corrected chi connectivity index (χ1v) is 7.10. The fraction of sp³-hybridized carbons (Fsp3) is 0.333. The summed E-state index contributed by atoms with van der Waals surface area (Å²) < 4.78 is 7.12. The lowest BCUT2D eigenvalue weighted by molar-refractivity contribution is 0.269. The minimum Gasteiger partial charge on any atom is -0.338 e. The van der Waals surface area contributed by atoms with E-state index in [1.807, 2.05) is 43.3 Å². The topological polar surface area (TPSA) is 72.9 Å². The van der Waals surface area contributed by atoms with Crippen LogP contribution in [0.1, 0.15) is 11.5 Å². The smallest absolute Gasteiger partial charge is 0.241 e. The summed E-state index contributed by atoms with van der Waals surface area (Å²) in [5, 5.41) is 8.17. The largest absolute Gasteiger partial charge is 0.338 e. The van der Waals surface area contributed by atoms with Crippen LogP contribution in [0, 0.1) is 0 Å². The summed E-state index contributed by atoms with van der Waals surface area (Å²) in [7, 11) is 3.96. The van der Waals surface area contributed by atoms with Crippen LogP contribution in [-0.4, -0.2) is 43.4 Å². The Balaban J connectivity index is 1.55. The first-order valence-electron chi connectivity index (χ1n) is 7.10. The van der Waals surface area contributed by atoms with E-state index in [4.69, 9.17) is 4.52 Å². The Kier molecular flexibility index (Phi) is 4.24. The van der Waals surface area contributed by atoms with E-state index in [1.54, 1.807) is 12.4 Å². The maximum atomic E-state index is 5.31. The first-order chi connectivity index (χ1) is 10.7. The Morgan fingerprint density at radius 2 is 2.09 bits per heavy atom. The van der Waals surface area contributed by atoms with E-state index in [9.17, 15) is 0 Å². The molecule has 7 heteroatoms. The van der Waals surface area contributed by atoms with Crippen molar-refractivity contribution < 1.29 is 4.52 Å². The summed E-state index contributed by atoms with van der Waals surface area (Å²) in [6.45, 7) is 1.52.